The summed E-state index contributed by atoms with van der Waals surface area (Å²) in [6.07, 6.45) is 12.9. The monoisotopic (exact) mass is 244 g/mol. The predicted octanol–water partition coefficient (Wildman–Crippen LogP) is 3.23. The van der Waals surface area contributed by atoms with Gasteiger partial charge in [0.25, 0.3) is 0 Å². The zero-order chi connectivity index (χ0) is 12.5. The van der Waals surface area contributed by atoms with Crippen LogP contribution in [0.1, 0.15) is 44.9 Å². The van der Waals surface area contributed by atoms with Gasteiger partial charge in [0.05, 0.1) is 0 Å². The maximum Gasteiger partial charge on any atom is 0.155 e. The van der Waals surface area contributed by atoms with Crippen LogP contribution in [0.5, 0.6) is 0 Å². The van der Waals surface area contributed by atoms with Crippen molar-refractivity contribution in [2.75, 3.05) is 0 Å². The molecular weight excluding hydrogens is 224 g/mol. The Balaban J connectivity index is 1.68. The first kappa shape index (κ1) is 11.9. The van der Waals surface area contributed by atoms with Gasteiger partial charge in [-0.3, -0.25) is 9.59 Å². The molecule has 0 bridgehead atoms. The molecule has 3 atom stereocenters. The summed E-state index contributed by atoms with van der Waals surface area (Å²) in [4.78, 5) is 22.6. The van der Waals surface area contributed by atoms with Crippen LogP contribution in [-0.2, 0) is 9.59 Å². The summed E-state index contributed by atoms with van der Waals surface area (Å²) in [5.74, 6) is 2.58. The number of hydrogen-bond acceptors (Lipinski definition) is 2. The molecule has 0 aromatic heterocycles. The van der Waals surface area contributed by atoms with E-state index >= 15 is 0 Å². The first-order chi connectivity index (χ1) is 8.72. The molecular formula is C16H20O2. The molecule has 0 heterocycles. The molecule has 1 saturated carbocycles. The van der Waals surface area contributed by atoms with Gasteiger partial charge in [0.1, 0.15) is 0 Å². The summed E-state index contributed by atoms with van der Waals surface area (Å²) in [6.45, 7) is 0. The van der Waals surface area contributed by atoms with Crippen molar-refractivity contribution in [3.63, 3.8) is 0 Å². The average Bonchev–Trinajstić information content (AvgIpc) is 2.39. The molecule has 96 valence electrons. The third-order valence-corrected chi connectivity index (χ3v) is 4.86. The molecule has 0 aromatic carbocycles. The van der Waals surface area contributed by atoms with E-state index in [1.54, 1.807) is 6.08 Å². The Morgan fingerprint density at radius 2 is 1.78 bits per heavy atom. The van der Waals surface area contributed by atoms with Crippen molar-refractivity contribution >= 4 is 11.6 Å². The SMILES string of the molecule is O=C1C=C2CC[C@H]([C@H]3C=CC(=O)CC3)C[C@@H]2CC1. The van der Waals surface area contributed by atoms with Gasteiger partial charge in [-0.25, -0.2) is 0 Å². The molecule has 0 radical (unpaired) electrons. The van der Waals surface area contributed by atoms with E-state index in [0.29, 0.717) is 17.6 Å². The highest BCUT2D eigenvalue weighted by Crippen LogP contribution is 2.43. The van der Waals surface area contributed by atoms with Crippen molar-refractivity contribution in [1.82, 2.24) is 0 Å². The second-order valence-electron chi connectivity index (χ2n) is 5.98. The summed E-state index contributed by atoms with van der Waals surface area (Å²) in [7, 11) is 0. The van der Waals surface area contributed by atoms with E-state index in [1.807, 2.05) is 6.08 Å². The Morgan fingerprint density at radius 1 is 0.944 bits per heavy atom. The molecule has 1 fully saturated rings. The van der Waals surface area contributed by atoms with Crippen LogP contribution in [0.15, 0.2) is 23.8 Å². The molecule has 0 unspecified atom stereocenters. The lowest BCUT2D eigenvalue weighted by Crippen LogP contribution is -2.27. The maximum atomic E-state index is 11.4. The van der Waals surface area contributed by atoms with Gasteiger partial charge in [-0.15, -0.1) is 0 Å². The van der Waals surface area contributed by atoms with Crippen molar-refractivity contribution in [2.45, 2.75) is 44.9 Å². The van der Waals surface area contributed by atoms with Gasteiger partial charge in [0.2, 0.25) is 0 Å². The van der Waals surface area contributed by atoms with Crippen molar-refractivity contribution < 1.29 is 9.59 Å². The summed E-state index contributed by atoms with van der Waals surface area (Å²) in [5, 5.41) is 0. The number of allylic oxidation sites excluding steroid dienone is 4. The van der Waals surface area contributed by atoms with E-state index in [9.17, 15) is 9.59 Å². The Bertz CT molecular complexity index is 430. The van der Waals surface area contributed by atoms with Crippen molar-refractivity contribution in [3.05, 3.63) is 23.8 Å². The first-order valence-corrected chi connectivity index (χ1v) is 7.16. The van der Waals surface area contributed by atoms with Crippen LogP contribution >= 0.6 is 0 Å². The highest BCUT2D eigenvalue weighted by Gasteiger charge is 2.33. The van der Waals surface area contributed by atoms with Crippen molar-refractivity contribution in [2.24, 2.45) is 17.8 Å². The van der Waals surface area contributed by atoms with Crippen LogP contribution in [-0.4, -0.2) is 11.6 Å². The van der Waals surface area contributed by atoms with Crippen LogP contribution in [0, 0.1) is 17.8 Å². The lowest BCUT2D eigenvalue weighted by Gasteiger charge is -2.37. The molecule has 0 amide bonds. The normalized spacial score (nSPS) is 36.2. The topological polar surface area (TPSA) is 34.1 Å². The van der Waals surface area contributed by atoms with E-state index in [0.717, 1.165) is 38.0 Å². The molecule has 0 spiro atoms. The molecule has 2 nitrogen and oxygen atoms in total. The molecule has 18 heavy (non-hydrogen) atoms. The van der Waals surface area contributed by atoms with Crippen LogP contribution in [0.4, 0.5) is 0 Å². The minimum atomic E-state index is 0.283. The third kappa shape index (κ3) is 2.33. The van der Waals surface area contributed by atoms with E-state index < -0.39 is 0 Å². The van der Waals surface area contributed by atoms with E-state index in [4.69, 9.17) is 0 Å². The fourth-order valence-electron chi connectivity index (χ4n) is 3.78. The Hall–Kier alpha value is -1.18. The number of rotatable bonds is 1. The Labute approximate surface area is 108 Å². The molecule has 0 aromatic rings. The molecule has 3 aliphatic carbocycles. The number of carbonyl (C=O) groups excluding carboxylic acids is 2. The minimum absolute atomic E-state index is 0.283. The quantitative estimate of drug-likeness (QED) is 0.709. The van der Waals surface area contributed by atoms with Crippen LogP contribution in [0.25, 0.3) is 0 Å². The smallest absolute Gasteiger partial charge is 0.155 e. The van der Waals surface area contributed by atoms with Gasteiger partial charge >= 0.3 is 0 Å². The van der Waals surface area contributed by atoms with Gasteiger partial charge in [-0.1, -0.05) is 11.6 Å². The Morgan fingerprint density at radius 3 is 2.56 bits per heavy atom. The Kier molecular flexibility index (Phi) is 3.19. The number of fused-ring (bicyclic) bond motifs is 1. The number of carbonyl (C=O) groups is 2. The maximum absolute atomic E-state index is 11.4. The summed E-state index contributed by atoms with van der Waals surface area (Å²) < 4.78 is 0. The average molecular weight is 244 g/mol. The first-order valence-electron chi connectivity index (χ1n) is 7.16. The van der Waals surface area contributed by atoms with Gasteiger partial charge in [-0.2, -0.15) is 0 Å². The lowest BCUT2D eigenvalue weighted by molar-refractivity contribution is -0.116. The summed E-state index contributed by atoms with van der Waals surface area (Å²) >= 11 is 0. The van der Waals surface area contributed by atoms with Gasteiger partial charge < -0.3 is 0 Å². The second-order valence-corrected chi connectivity index (χ2v) is 5.98. The zero-order valence-corrected chi connectivity index (χ0v) is 10.7. The molecule has 0 aliphatic heterocycles. The molecule has 2 heteroatoms. The molecule has 0 saturated heterocycles. The summed E-state index contributed by atoms with van der Waals surface area (Å²) in [6, 6.07) is 0. The number of hydrogen-bond donors (Lipinski definition) is 0. The largest absolute Gasteiger partial charge is 0.295 e. The fraction of sp³-hybridized carbons (Fsp3) is 0.625. The van der Waals surface area contributed by atoms with Crippen LogP contribution in [0.3, 0.4) is 0 Å². The van der Waals surface area contributed by atoms with Gasteiger partial charge in [0, 0.05) is 12.8 Å². The third-order valence-electron chi connectivity index (χ3n) is 4.86. The lowest BCUT2D eigenvalue weighted by atomic mass is 9.68. The molecule has 3 aliphatic rings. The summed E-state index contributed by atoms with van der Waals surface area (Å²) in [5.41, 5.74) is 1.40. The van der Waals surface area contributed by atoms with Crippen LogP contribution < -0.4 is 0 Å². The van der Waals surface area contributed by atoms with E-state index in [-0.39, 0.29) is 5.78 Å². The molecule has 0 N–H and O–H groups in total. The second kappa shape index (κ2) is 4.83. The number of ketones is 2. The van der Waals surface area contributed by atoms with Crippen molar-refractivity contribution in [1.29, 1.82) is 0 Å². The highest BCUT2D eigenvalue weighted by atomic mass is 16.1. The van der Waals surface area contributed by atoms with E-state index in [2.05, 4.69) is 6.08 Å². The van der Waals surface area contributed by atoms with E-state index in [1.165, 1.54) is 18.4 Å². The van der Waals surface area contributed by atoms with Crippen molar-refractivity contribution in [3.8, 4) is 0 Å². The molecule has 3 rings (SSSR count). The van der Waals surface area contributed by atoms with Gasteiger partial charge in [-0.05, 0) is 62.0 Å². The predicted molar refractivity (Wildman–Crippen MR) is 70.0 cm³/mol. The zero-order valence-electron chi connectivity index (χ0n) is 10.7. The standard InChI is InChI=1S/C16H20O2/c17-15-6-3-11(4-7-15)12-1-2-14-10-16(18)8-5-13(14)9-12/h3,6,10-13H,1-2,4-5,7-9H2/t11-,12-,13-/m0/s1. The highest BCUT2D eigenvalue weighted by molar-refractivity contribution is 5.91. The fourth-order valence-corrected chi connectivity index (χ4v) is 3.78. The van der Waals surface area contributed by atoms with Gasteiger partial charge in [0.15, 0.2) is 11.6 Å². The van der Waals surface area contributed by atoms with Crippen LogP contribution in [0.2, 0.25) is 0 Å². The minimum Gasteiger partial charge on any atom is -0.295 e.